The van der Waals surface area contributed by atoms with E-state index < -0.39 is 0 Å². The van der Waals surface area contributed by atoms with Crippen LogP contribution in [0.15, 0.2) is 67.0 Å². The van der Waals surface area contributed by atoms with Crippen molar-refractivity contribution in [1.82, 2.24) is 20.4 Å². The Morgan fingerprint density at radius 1 is 1.07 bits per heavy atom. The zero-order chi connectivity index (χ0) is 20.3. The molecule has 5 rings (SSSR count). The van der Waals surface area contributed by atoms with Crippen molar-refractivity contribution in [1.29, 1.82) is 0 Å². The van der Waals surface area contributed by atoms with Crippen molar-refractivity contribution in [2.45, 2.75) is 37.6 Å². The number of hydrogen-bond donors (Lipinski definition) is 2. The van der Waals surface area contributed by atoms with Gasteiger partial charge in [0.25, 0.3) is 0 Å². The third kappa shape index (κ3) is 4.25. The number of nitrogens with one attached hydrogen (secondary N) is 2. The van der Waals surface area contributed by atoms with E-state index in [1.807, 2.05) is 23.4 Å². The van der Waals surface area contributed by atoms with Crippen molar-refractivity contribution < 1.29 is 4.79 Å². The highest BCUT2D eigenvalue weighted by Gasteiger charge is 2.40. The molecule has 1 aliphatic carbocycles. The first-order valence-electron chi connectivity index (χ1n) is 10.9. The fraction of sp³-hybridized carbons (Fsp3) is 0.360. The van der Waals surface area contributed by atoms with Gasteiger partial charge in [0.15, 0.2) is 0 Å². The number of amides is 2. The summed E-state index contributed by atoms with van der Waals surface area (Å²) in [4.78, 5) is 14.7. The lowest BCUT2D eigenvalue weighted by Gasteiger charge is -2.32. The zero-order valence-electron chi connectivity index (χ0n) is 17.1. The highest BCUT2D eigenvalue weighted by molar-refractivity contribution is 5.75. The average molecular weight is 401 g/mol. The first kappa shape index (κ1) is 18.9. The molecule has 2 fully saturated rings. The van der Waals surface area contributed by atoms with E-state index in [0.717, 1.165) is 44.3 Å². The van der Waals surface area contributed by atoms with Crippen molar-refractivity contribution in [2.24, 2.45) is 5.92 Å². The Kier molecular flexibility index (Phi) is 5.26. The van der Waals surface area contributed by atoms with Gasteiger partial charge >= 0.3 is 6.03 Å². The van der Waals surface area contributed by atoms with Crippen LogP contribution >= 0.6 is 0 Å². The molecule has 0 radical (unpaired) electrons. The van der Waals surface area contributed by atoms with Crippen LogP contribution in [0.1, 0.15) is 36.3 Å². The van der Waals surface area contributed by atoms with E-state index in [1.54, 1.807) is 0 Å². The molecule has 5 nitrogen and oxygen atoms in total. The van der Waals surface area contributed by atoms with Gasteiger partial charge in [-0.2, -0.15) is 5.10 Å². The molecule has 1 aromatic heterocycles. The van der Waals surface area contributed by atoms with Crippen LogP contribution in [0.25, 0.3) is 11.1 Å². The largest absolute Gasteiger partial charge is 0.335 e. The molecule has 154 valence electrons. The number of rotatable bonds is 5. The molecular weight excluding hydrogens is 372 g/mol. The van der Waals surface area contributed by atoms with Crippen molar-refractivity contribution in [2.75, 3.05) is 13.1 Å². The number of piperidine rings is 1. The first-order chi connectivity index (χ1) is 14.8. The van der Waals surface area contributed by atoms with Gasteiger partial charge in [0.1, 0.15) is 0 Å². The molecule has 0 bridgehead atoms. The Labute approximate surface area is 177 Å². The lowest BCUT2D eigenvalue weighted by atomic mass is 9.89. The van der Waals surface area contributed by atoms with Crippen LogP contribution in [0.3, 0.4) is 0 Å². The molecule has 2 aromatic carbocycles. The van der Waals surface area contributed by atoms with E-state index in [4.69, 9.17) is 0 Å². The molecule has 3 aromatic rings. The first-order valence-corrected chi connectivity index (χ1v) is 10.9. The second-order valence-corrected chi connectivity index (χ2v) is 8.63. The number of nitrogens with zero attached hydrogens (tertiary/aromatic N) is 2. The summed E-state index contributed by atoms with van der Waals surface area (Å²) >= 11 is 0. The maximum Gasteiger partial charge on any atom is 0.317 e. The maximum absolute atomic E-state index is 12.7. The fourth-order valence-corrected chi connectivity index (χ4v) is 4.63. The molecule has 2 unspecified atom stereocenters. The third-order valence-corrected chi connectivity index (χ3v) is 6.51. The van der Waals surface area contributed by atoms with E-state index in [9.17, 15) is 4.79 Å². The molecule has 2 amide bonds. The number of aromatic amines is 1. The number of aromatic nitrogens is 2. The highest BCUT2D eigenvalue weighted by atomic mass is 16.2. The van der Waals surface area contributed by atoms with Crippen LogP contribution in [-0.2, 0) is 6.42 Å². The summed E-state index contributed by atoms with van der Waals surface area (Å²) in [5.41, 5.74) is 5.02. The van der Waals surface area contributed by atoms with E-state index in [0.29, 0.717) is 17.9 Å². The summed E-state index contributed by atoms with van der Waals surface area (Å²) in [5.74, 6) is 1.11. The van der Waals surface area contributed by atoms with E-state index in [2.05, 4.69) is 64.0 Å². The monoisotopic (exact) mass is 400 g/mol. The van der Waals surface area contributed by atoms with Gasteiger partial charge in [0, 0.05) is 36.8 Å². The maximum atomic E-state index is 12.7. The Bertz CT molecular complexity index is 977. The number of carbonyl (C=O) groups is 1. The Morgan fingerprint density at radius 2 is 1.90 bits per heavy atom. The predicted molar refractivity (Wildman–Crippen MR) is 118 cm³/mol. The molecule has 2 atom stereocenters. The van der Waals surface area contributed by atoms with Gasteiger partial charge in [-0.1, -0.05) is 54.6 Å². The minimum Gasteiger partial charge on any atom is -0.335 e. The Hall–Kier alpha value is -3.08. The summed E-state index contributed by atoms with van der Waals surface area (Å²) in [7, 11) is 0. The minimum absolute atomic E-state index is 0.110. The van der Waals surface area contributed by atoms with Gasteiger partial charge in [0.2, 0.25) is 0 Å². The molecule has 2 aliphatic rings. The van der Waals surface area contributed by atoms with Crippen molar-refractivity contribution in [3.05, 3.63) is 78.1 Å². The SMILES string of the molecule is O=C(NC1CC1c1ccccc1)N1CCC(Cc2cccc(-c3cn[nH]c3)c2)CC1. The van der Waals surface area contributed by atoms with Gasteiger partial charge in [-0.25, -0.2) is 4.79 Å². The topological polar surface area (TPSA) is 61.0 Å². The van der Waals surface area contributed by atoms with Gasteiger partial charge in [0.05, 0.1) is 6.20 Å². The van der Waals surface area contributed by atoms with Crippen molar-refractivity contribution >= 4 is 6.03 Å². The molecule has 5 heteroatoms. The van der Waals surface area contributed by atoms with Crippen LogP contribution in [-0.4, -0.2) is 40.3 Å². The number of hydrogen-bond acceptors (Lipinski definition) is 2. The van der Waals surface area contributed by atoms with Crippen LogP contribution in [0.2, 0.25) is 0 Å². The summed E-state index contributed by atoms with van der Waals surface area (Å²) in [6.45, 7) is 1.70. The number of likely N-dealkylation sites (tertiary alicyclic amines) is 1. The Balaban J connectivity index is 1.10. The lowest BCUT2D eigenvalue weighted by molar-refractivity contribution is 0.170. The van der Waals surface area contributed by atoms with Crippen LogP contribution in [0.5, 0.6) is 0 Å². The molecule has 1 saturated heterocycles. The second kappa shape index (κ2) is 8.34. The third-order valence-electron chi connectivity index (χ3n) is 6.51. The number of benzene rings is 2. The lowest BCUT2D eigenvalue weighted by Crippen LogP contribution is -2.45. The number of carbonyl (C=O) groups excluding carboxylic acids is 1. The fourth-order valence-electron chi connectivity index (χ4n) is 4.63. The van der Waals surface area contributed by atoms with E-state index >= 15 is 0 Å². The van der Waals surface area contributed by atoms with Crippen molar-refractivity contribution in [3.8, 4) is 11.1 Å². The smallest absolute Gasteiger partial charge is 0.317 e. The molecule has 30 heavy (non-hydrogen) atoms. The van der Waals surface area contributed by atoms with Gasteiger partial charge in [-0.05, 0) is 48.3 Å². The molecule has 0 spiro atoms. The minimum atomic E-state index is 0.110. The quantitative estimate of drug-likeness (QED) is 0.658. The second-order valence-electron chi connectivity index (χ2n) is 8.63. The molecule has 2 N–H and O–H groups in total. The van der Waals surface area contributed by atoms with E-state index in [-0.39, 0.29) is 6.03 Å². The standard InChI is InChI=1S/C25H28N4O/c30-25(28-24-15-23(24)20-6-2-1-3-7-20)29-11-9-18(10-12-29)13-19-5-4-8-21(14-19)22-16-26-27-17-22/h1-8,14,16-18,23-24H,9-13,15H2,(H,26,27)(H,28,30). The Morgan fingerprint density at radius 3 is 2.67 bits per heavy atom. The molecule has 1 saturated carbocycles. The average Bonchev–Trinajstić information content (AvgIpc) is 3.32. The van der Waals surface area contributed by atoms with Crippen LogP contribution in [0, 0.1) is 5.92 Å². The number of H-pyrrole nitrogens is 1. The molecule has 2 heterocycles. The predicted octanol–water partition coefficient (Wildman–Crippen LogP) is 4.60. The van der Waals surface area contributed by atoms with E-state index in [1.165, 1.54) is 16.7 Å². The van der Waals surface area contributed by atoms with Gasteiger partial charge < -0.3 is 10.2 Å². The van der Waals surface area contributed by atoms with Gasteiger partial charge in [-0.3, -0.25) is 5.10 Å². The summed E-state index contributed by atoms with van der Waals surface area (Å²) < 4.78 is 0. The summed E-state index contributed by atoms with van der Waals surface area (Å²) in [6, 6.07) is 19.6. The normalized spacial score (nSPS) is 21.4. The van der Waals surface area contributed by atoms with Gasteiger partial charge in [-0.15, -0.1) is 0 Å². The zero-order valence-corrected chi connectivity index (χ0v) is 17.1. The summed E-state index contributed by atoms with van der Waals surface area (Å²) in [6.07, 6.45) is 8.04. The number of urea groups is 1. The van der Waals surface area contributed by atoms with Crippen LogP contribution < -0.4 is 5.32 Å². The highest BCUT2D eigenvalue weighted by Crippen LogP contribution is 2.40. The summed E-state index contributed by atoms with van der Waals surface area (Å²) in [5, 5.41) is 10.2. The van der Waals surface area contributed by atoms with Crippen LogP contribution in [0.4, 0.5) is 4.79 Å². The molecule has 1 aliphatic heterocycles. The molecular formula is C25H28N4O. The van der Waals surface area contributed by atoms with Crippen molar-refractivity contribution in [3.63, 3.8) is 0 Å².